The highest BCUT2D eigenvalue weighted by atomic mass is 79.9. The topological polar surface area (TPSA) is 29.4 Å². The Morgan fingerprint density at radius 2 is 2.31 bits per heavy atom. The molecule has 1 atom stereocenters. The molecule has 1 aliphatic rings. The second kappa shape index (κ2) is 3.72. The van der Waals surface area contributed by atoms with E-state index in [4.69, 9.17) is 0 Å². The van der Waals surface area contributed by atoms with Gasteiger partial charge in [-0.3, -0.25) is 4.79 Å². The van der Waals surface area contributed by atoms with Gasteiger partial charge in [0, 0.05) is 21.5 Å². The third-order valence-electron chi connectivity index (χ3n) is 1.79. The normalized spacial score (nSPS) is 21.6. The van der Waals surface area contributed by atoms with Crippen LogP contribution in [0.3, 0.4) is 0 Å². The lowest BCUT2D eigenvalue weighted by Gasteiger charge is -2.00. The average Bonchev–Trinajstić information content (AvgIpc) is 2.52. The molecule has 0 saturated carbocycles. The summed E-state index contributed by atoms with van der Waals surface area (Å²) < 4.78 is 5.12. The van der Waals surface area contributed by atoms with Crippen molar-refractivity contribution in [1.82, 2.24) is 0 Å². The third kappa shape index (κ3) is 2.06. The number of rotatable bonds is 1. The third-order valence-corrected chi connectivity index (χ3v) is 4.10. The first kappa shape index (κ1) is 9.09. The Morgan fingerprint density at radius 1 is 1.46 bits per heavy atom. The Morgan fingerprint density at radius 3 is 2.92 bits per heavy atom. The number of amides is 1. The van der Waals surface area contributed by atoms with Gasteiger partial charge in [-0.2, -0.15) is 4.36 Å². The van der Waals surface area contributed by atoms with Crippen LogP contribution in [0.25, 0.3) is 0 Å². The molecular weight excluding hydrogens is 250 g/mol. The monoisotopic (exact) mass is 257 g/mol. The molecule has 0 spiro atoms. The predicted molar refractivity (Wildman–Crippen MR) is 56.7 cm³/mol. The van der Waals surface area contributed by atoms with Crippen molar-refractivity contribution in [3.05, 3.63) is 28.7 Å². The molecule has 0 radical (unpaired) electrons. The molecule has 0 N–H and O–H groups in total. The summed E-state index contributed by atoms with van der Waals surface area (Å²) in [6.07, 6.45) is 0.607. The fraction of sp³-hybridized carbons (Fsp3) is 0.222. The SMILES string of the molecule is O=C1CCS(c2cccc(Br)c2)=N1. The summed E-state index contributed by atoms with van der Waals surface area (Å²) in [5.74, 6) is 0.929. The fourth-order valence-corrected chi connectivity index (χ4v) is 3.37. The van der Waals surface area contributed by atoms with Crippen molar-refractivity contribution in [3.63, 3.8) is 0 Å². The minimum absolute atomic E-state index is 0.0447. The molecule has 0 aromatic heterocycles. The molecule has 1 aromatic rings. The Balaban J connectivity index is 2.36. The second-order valence-corrected chi connectivity index (χ2v) is 5.47. The van der Waals surface area contributed by atoms with Gasteiger partial charge in [0.2, 0.25) is 0 Å². The van der Waals surface area contributed by atoms with E-state index in [1.165, 1.54) is 0 Å². The van der Waals surface area contributed by atoms with E-state index in [1.54, 1.807) is 0 Å². The zero-order valence-electron chi connectivity index (χ0n) is 6.87. The Hall–Kier alpha value is -0.480. The number of hydrogen-bond donors (Lipinski definition) is 0. The van der Waals surface area contributed by atoms with E-state index >= 15 is 0 Å². The molecule has 2 rings (SSSR count). The molecular formula is C9H8BrNOS. The summed E-state index contributed by atoms with van der Waals surface area (Å²) in [5, 5.41) is 0. The van der Waals surface area contributed by atoms with E-state index in [-0.39, 0.29) is 16.6 Å². The van der Waals surface area contributed by atoms with Gasteiger partial charge in [0.15, 0.2) is 0 Å². The van der Waals surface area contributed by atoms with Crippen molar-refractivity contribution >= 4 is 32.5 Å². The van der Waals surface area contributed by atoms with E-state index < -0.39 is 0 Å². The summed E-state index contributed by atoms with van der Waals surface area (Å²) in [6, 6.07) is 8.01. The van der Waals surface area contributed by atoms with Gasteiger partial charge in [-0.05, 0) is 18.2 Å². The Bertz CT molecular complexity index is 389. The molecule has 1 unspecified atom stereocenters. The molecule has 68 valence electrons. The molecule has 1 aromatic carbocycles. The van der Waals surface area contributed by atoms with E-state index in [9.17, 15) is 4.79 Å². The fourth-order valence-electron chi connectivity index (χ4n) is 1.18. The first-order valence-electron chi connectivity index (χ1n) is 3.97. The maximum absolute atomic E-state index is 10.9. The molecule has 0 bridgehead atoms. The van der Waals surface area contributed by atoms with Crippen LogP contribution < -0.4 is 0 Å². The molecule has 0 fully saturated rings. The number of carbonyl (C=O) groups is 1. The van der Waals surface area contributed by atoms with Crippen LogP contribution in [0, 0.1) is 0 Å². The quantitative estimate of drug-likeness (QED) is 0.761. The smallest absolute Gasteiger partial charge is 0.252 e. The number of nitrogens with zero attached hydrogens (tertiary/aromatic N) is 1. The number of benzene rings is 1. The minimum atomic E-state index is -0.186. The lowest BCUT2D eigenvalue weighted by atomic mass is 10.4. The van der Waals surface area contributed by atoms with E-state index in [1.807, 2.05) is 24.3 Å². The van der Waals surface area contributed by atoms with Crippen molar-refractivity contribution in [2.24, 2.45) is 4.36 Å². The van der Waals surface area contributed by atoms with Gasteiger partial charge in [-0.25, -0.2) is 0 Å². The van der Waals surface area contributed by atoms with Crippen LogP contribution in [0.5, 0.6) is 0 Å². The van der Waals surface area contributed by atoms with Crippen LogP contribution in [0.2, 0.25) is 0 Å². The van der Waals surface area contributed by atoms with Crippen molar-refractivity contribution in [1.29, 1.82) is 0 Å². The lowest BCUT2D eigenvalue weighted by molar-refractivity contribution is -0.116. The maximum Gasteiger partial charge on any atom is 0.252 e. The van der Waals surface area contributed by atoms with Crippen molar-refractivity contribution in [2.75, 3.05) is 5.75 Å². The van der Waals surface area contributed by atoms with Crippen molar-refractivity contribution in [2.45, 2.75) is 11.3 Å². The summed E-state index contributed by atoms with van der Waals surface area (Å²) in [5.41, 5.74) is 0. The standard InChI is InChI=1S/C9H8BrNOS/c10-7-2-1-3-8(6-7)13-5-4-9(12)11-13/h1-3,6H,4-5H2. The molecule has 1 amide bonds. The van der Waals surface area contributed by atoms with Gasteiger partial charge in [-0.15, -0.1) is 0 Å². The molecule has 4 heteroatoms. The molecule has 0 saturated heterocycles. The molecule has 13 heavy (non-hydrogen) atoms. The average molecular weight is 258 g/mol. The molecule has 1 aliphatic heterocycles. The van der Waals surface area contributed by atoms with Crippen molar-refractivity contribution < 1.29 is 4.79 Å². The maximum atomic E-state index is 10.9. The molecule has 0 aliphatic carbocycles. The zero-order chi connectivity index (χ0) is 9.26. The number of halogens is 1. The number of hydrogen-bond acceptors (Lipinski definition) is 1. The van der Waals surface area contributed by atoms with Gasteiger partial charge in [0.1, 0.15) is 0 Å². The first-order valence-corrected chi connectivity index (χ1v) is 6.11. The highest BCUT2D eigenvalue weighted by molar-refractivity contribution is 9.10. The summed E-state index contributed by atoms with van der Waals surface area (Å²) in [6.45, 7) is 0. The van der Waals surface area contributed by atoms with E-state index in [0.29, 0.717) is 6.42 Å². The van der Waals surface area contributed by atoms with Gasteiger partial charge >= 0.3 is 0 Å². The van der Waals surface area contributed by atoms with Crippen LogP contribution in [0.4, 0.5) is 0 Å². The van der Waals surface area contributed by atoms with Gasteiger partial charge in [-0.1, -0.05) is 32.7 Å². The molecule has 2 nitrogen and oxygen atoms in total. The summed E-state index contributed by atoms with van der Waals surface area (Å²) >= 11 is 3.40. The minimum Gasteiger partial charge on any atom is -0.272 e. The van der Waals surface area contributed by atoms with Crippen molar-refractivity contribution in [3.8, 4) is 0 Å². The van der Waals surface area contributed by atoms with Crippen LogP contribution in [0.15, 0.2) is 38.0 Å². The highest BCUT2D eigenvalue weighted by Crippen LogP contribution is 2.19. The van der Waals surface area contributed by atoms with Gasteiger partial charge in [0.25, 0.3) is 5.91 Å². The second-order valence-electron chi connectivity index (χ2n) is 2.76. The van der Waals surface area contributed by atoms with E-state index in [2.05, 4.69) is 20.3 Å². The Labute approximate surface area is 87.6 Å². The molecule has 1 heterocycles. The lowest BCUT2D eigenvalue weighted by Crippen LogP contribution is -1.90. The number of carbonyl (C=O) groups excluding carboxylic acids is 1. The van der Waals surface area contributed by atoms with Gasteiger partial charge in [0.05, 0.1) is 0 Å². The summed E-state index contributed by atoms with van der Waals surface area (Å²) in [7, 11) is -0.186. The predicted octanol–water partition coefficient (Wildman–Crippen LogP) is 2.54. The summed E-state index contributed by atoms with van der Waals surface area (Å²) in [4.78, 5) is 12.1. The largest absolute Gasteiger partial charge is 0.272 e. The first-order chi connectivity index (χ1) is 6.25. The highest BCUT2D eigenvalue weighted by Gasteiger charge is 2.13. The Kier molecular flexibility index (Phi) is 2.60. The van der Waals surface area contributed by atoms with Crippen LogP contribution in [-0.2, 0) is 15.5 Å². The van der Waals surface area contributed by atoms with Crippen LogP contribution in [0.1, 0.15) is 6.42 Å². The van der Waals surface area contributed by atoms with Crippen LogP contribution >= 0.6 is 15.9 Å². The van der Waals surface area contributed by atoms with Gasteiger partial charge < -0.3 is 0 Å². The van der Waals surface area contributed by atoms with E-state index in [0.717, 1.165) is 15.1 Å². The van der Waals surface area contributed by atoms with Crippen LogP contribution in [-0.4, -0.2) is 11.7 Å². The zero-order valence-corrected chi connectivity index (χ0v) is 9.27.